The lowest BCUT2D eigenvalue weighted by Crippen LogP contribution is -2.34. The Labute approximate surface area is 114 Å². The minimum atomic E-state index is -0.544. The lowest BCUT2D eigenvalue weighted by molar-refractivity contribution is 0.150. The van der Waals surface area contributed by atoms with Gasteiger partial charge in [0.25, 0.3) is 5.56 Å². The third-order valence-corrected chi connectivity index (χ3v) is 3.83. The normalized spacial score (nSPS) is 25.8. The molecule has 0 bridgehead atoms. The van der Waals surface area contributed by atoms with Crippen molar-refractivity contribution in [2.45, 2.75) is 12.5 Å². The topological polar surface area (TPSA) is 116 Å². The van der Waals surface area contributed by atoms with E-state index in [-0.39, 0.29) is 31.7 Å². The molecule has 0 amide bonds. The van der Waals surface area contributed by atoms with Crippen LogP contribution < -0.4 is 11.2 Å². The molecule has 0 fully saturated rings. The predicted octanol–water partition coefficient (Wildman–Crippen LogP) is -1.38. The summed E-state index contributed by atoms with van der Waals surface area (Å²) in [6.07, 6.45) is 3.50. The molecule has 1 aromatic heterocycles. The maximum Gasteiger partial charge on any atom is 0.328 e. The Kier molecular flexibility index (Phi) is 4.53. The Bertz CT molecular complexity index is 603. The molecule has 1 aromatic rings. The number of nitrogens with one attached hydrogen (secondary N) is 1. The third-order valence-electron chi connectivity index (χ3n) is 3.83. The number of rotatable bonds is 5. The molecule has 7 nitrogen and oxygen atoms in total. The zero-order chi connectivity index (χ0) is 14.7. The molecule has 20 heavy (non-hydrogen) atoms. The van der Waals surface area contributed by atoms with Crippen LogP contribution in [0.25, 0.3) is 0 Å². The minimum absolute atomic E-state index is 0.0810. The van der Waals surface area contributed by atoms with E-state index in [1.165, 1.54) is 16.8 Å². The maximum absolute atomic E-state index is 11.9. The number of H-pyrrole nitrogens is 1. The molecular formula is C13H18N2O5. The molecule has 0 spiro atoms. The molecule has 3 atom stereocenters. The number of aliphatic hydroxyl groups is 3. The van der Waals surface area contributed by atoms with Crippen LogP contribution in [-0.2, 0) is 0 Å². The Balaban J connectivity index is 2.44. The first-order valence-corrected chi connectivity index (χ1v) is 6.47. The number of aromatic amines is 1. The highest BCUT2D eigenvalue weighted by Crippen LogP contribution is 2.40. The van der Waals surface area contributed by atoms with Crippen molar-refractivity contribution in [1.82, 2.24) is 9.55 Å². The van der Waals surface area contributed by atoms with Gasteiger partial charge in [0.1, 0.15) is 0 Å². The van der Waals surface area contributed by atoms with Gasteiger partial charge in [0.2, 0.25) is 0 Å². The summed E-state index contributed by atoms with van der Waals surface area (Å²) in [4.78, 5) is 25.1. The van der Waals surface area contributed by atoms with Crippen molar-refractivity contribution >= 4 is 0 Å². The first-order valence-electron chi connectivity index (χ1n) is 6.47. The predicted molar refractivity (Wildman–Crippen MR) is 71.3 cm³/mol. The van der Waals surface area contributed by atoms with Gasteiger partial charge in [-0.3, -0.25) is 14.3 Å². The number of allylic oxidation sites excluding steroid dienone is 1. The average molecular weight is 282 g/mol. The summed E-state index contributed by atoms with van der Waals surface area (Å²) in [5, 5.41) is 28.0. The van der Waals surface area contributed by atoms with E-state index in [4.69, 9.17) is 5.11 Å². The van der Waals surface area contributed by atoms with E-state index in [0.717, 1.165) is 0 Å². The highest BCUT2D eigenvalue weighted by Gasteiger charge is 2.37. The summed E-state index contributed by atoms with van der Waals surface area (Å²) in [6.45, 7) is -0.449. The van der Waals surface area contributed by atoms with Crippen LogP contribution in [0.1, 0.15) is 12.5 Å². The van der Waals surface area contributed by atoms with E-state index in [0.29, 0.717) is 12.0 Å². The van der Waals surface area contributed by atoms with Gasteiger partial charge < -0.3 is 15.3 Å². The molecule has 7 heteroatoms. The molecule has 110 valence electrons. The second kappa shape index (κ2) is 6.17. The first kappa shape index (κ1) is 14.7. The summed E-state index contributed by atoms with van der Waals surface area (Å²) in [5.74, 6) is -0.494. The van der Waals surface area contributed by atoms with Crippen molar-refractivity contribution < 1.29 is 15.3 Å². The molecule has 0 saturated carbocycles. The van der Waals surface area contributed by atoms with Crippen molar-refractivity contribution in [1.29, 1.82) is 0 Å². The Morgan fingerprint density at radius 3 is 2.55 bits per heavy atom. The van der Waals surface area contributed by atoms with Crippen molar-refractivity contribution in [3.63, 3.8) is 0 Å². The minimum Gasteiger partial charge on any atom is -0.396 e. The lowest BCUT2D eigenvalue weighted by Gasteiger charge is -2.25. The zero-order valence-electron chi connectivity index (χ0n) is 10.9. The van der Waals surface area contributed by atoms with Gasteiger partial charge in [0, 0.05) is 24.8 Å². The Morgan fingerprint density at radius 1 is 1.25 bits per heavy atom. The standard InChI is InChI=1S/C13H18N2O5/c16-4-2-9-10(7-18)8(6-17)5-11(9)15-3-1-12(19)14-13(15)20/h1,3,5,9-11,16-18H,2,4,6-7H2,(H,14,19,20)/t9-,10-,11+/m1/s1. The number of hydrogen-bond acceptors (Lipinski definition) is 5. The summed E-state index contributed by atoms with van der Waals surface area (Å²) in [6, 6.07) is 0.849. The largest absolute Gasteiger partial charge is 0.396 e. The quantitative estimate of drug-likeness (QED) is 0.497. The molecule has 0 aliphatic heterocycles. The number of aliphatic hydroxyl groups excluding tert-OH is 3. The van der Waals surface area contributed by atoms with Crippen molar-refractivity contribution in [3.8, 4) is 0 Å². The number of aromatic nitrogens is 2. The van der Waals surface area contributed by atoms with Gasteiger partial charge in [-0.2, -0.15) is 0 Å². The molecule has 0 unspecified atom stereocenters. The van der Waals surface area contributed by atoms with Crippen LogP contribution in [0.15, 0.2) is 33.5 Å². The maximum atomic E-state index is 11.9. The lowest BCUT2D eigenvalue weighted by atomic mass is 9.87. The SMILES string of the molecule is O=c1ccn([C@H]2C=C(CO)[C@@H](CO)[C@H]2CCO)c(=O)[nH]1. The van der Waals surface area contributed by atoms with Crippen LogP contribution in [0.2, 0.25) is 0 Å². The van der Waals surface area contributed by atoms with Gasteiger partial charge in [-0.05, 0) is 17.9 Å². The number of hydrogen-bond donors (Lipinski definition) is 4. The fourth-order valence-corrected chi connectivity index (χ4v) is 2.87. The van der Waals surface area contributed by atoms with Crippen LogP contribution in [0, 0.1) is 11.8 Å². The molecule has 0 aromatic carbocycles. The van der Waals surface area contributed by atoms with E-state index in [1.54, 1.807) is 6.08 Å². The van der Waals surface area contributed by atoms with Gasteiger partial charge in [-0.15, -0.1) is 0 Å². The monoisotopic (exact) mass is 282 g/mol. The fraction of sp³-hybridized carbons (Fsp3) is 0.538. The van der Waals surface area contributed by atoms with E-state index in [1.807, 2.05) is 0 Å². The Hall–Kier alpha value is -1.70. The van der Waals surface area contributed by atoms with Crippen molar-refractivity contribution in [3.05, 3.63) is 44.8 Å². The van der Waals surface area contributed by atoms with Gasteiger partial charge >= 0.3 is 5.69 Å². The van der Waals surface area contributed by atoms with Crippen LogP contribution in [0.4, 0.5) is 0 Å². The van der Waals surface area contributed by atoms with Crippen molar-refractivity contribution in [2.24, 2.45) is 11.8 Å². The molecule has 1 aliphatic carbocycles. The number of nitrogens with zero attached hydrogens (tertiary/aromatic N) is 1. The average Bonchev–Trinajstić information content (AvgIpc) is 2.77. The third kappa shape index (κ3) is 2.60. The molecule has 2 rings (SSSR count). The zero-order valence-corrected chi connectivity index (χ0v) is 10.9. The summed E-state index contributed by atoms with van der Waals surface area (Å²) < 4.78 is 1.35. The van der Waals surface area contributed by atoms with Crippen LogP contribution in [0.3, 0.4) is 0 Å². The van der Waals surface area contributed by atoms with Crippen LogP contribution >= 0.6 is 0 Å². The van der Waals surface area contributed by atoms with E-state index in [2.05, 4.69) is 4.98 Å². The first-order chi connectivity index (χ1) is 9.62. The Morgan fingerprint density at radius 2 is 2.00 bits per heavy atom. The summed E-state index contributed by atoms with van der Waals surface area (Å²) >= 11 is 0. The highest BCUT2D eigenvalue weighted by molar-refractivity contribution is 5.21. The molecule has 4 N–H and O–H groups in total. The van der Waals surface area contributed by atoms with Crippen molar-refractivity contribution in [2.75, 3.05) is 19.8 Å². The summed E-state index contributed by atoms with van der Waals surface area (Å²) in [5.41, 5.74) is -0.375. The smallest absolute Gasteiger partial charge is 0.328 e. The second-order valence-electron chi connectivity index (χ2n) is 4.87. The molecule has 0 saturated heterocycles. The van der Waals surface area contributed by atoms with Gasteiger partial charge in [-0.25, -0.2) is 4.79 Å². The molecule has 0 radical (unpaired) electrons. The van der Waals surface area contributed by atoms with E-state index >= 15 is 0 Å². The van der Waals surface area contributed by atoms with Gasteiger partial charge in [0.15, 0.2) is 0 Å². The van der Waals surface area contributed by atoms with Gasteiger partial charge in [-0.1, -0.05) is 6.08 Å². The van der Waals surface area contributed by atoms with E-state index in [9.17, 15) is 19.8 Å². The van der Waals surface area contributed by atoms with E-state index < -0.39 is 17.3 Å². The fourth-order valence-electron chi connectivity index (χ4n) is 2.87. The molecule has 1 aliphatic rings. The van der Waals surface area contributed by atoms with Crippen LogP contribution in [0.5, 0.6) is 0 Å². The molecule has 1 heterocycles. The highest BCUT2D eigenvalue weighted by atomic mass is 16.3. The second-order valence-corrected chi connectivity index (χ2v) is 4.87. The van der Waals surface area contributed by atoms with Gasteiger partial charge in [0.05, 0.1) is 19.3 Å². The van der Waals surface area contributed by atoms with Crippen LogP contribution in [-0.4, -0.2) is 44.7 Å². The molecular weight excluding hydrogens is 264 g/mol. The summed E-state index contributed by atoms with van der Waals surface area (Å²) in [7, 11) is 0.